The number of hydrogen-bond acceptors (Lipinski definition) is 2. The molecule has 5 aliphatic carbocycles. The Balaban J connectivity index is 0.00000140. The number of rotatable bonds is 3. The van der Waals surface area contributed by atoms with Crippen molar-refractivity contribution in [3.05, 3.63) is 54.1 Å². The summed E-state index contributed by atoms with van der Waals surface area (Å²) in [5.74, 6) is 3.58. The Morgan fingerprint density at radius 2 is 1.36 bits per heavy atom. The molecule has 1 amide bonds. The van der Waals surface area contributed by atoms with E-state index in [1.807, 2.05) is 32.9 Å². The molecule has 0 saturated heterocycles. The number of hydrogen-bond donors (Lipinski definition) is 2. The van der Waals surface area contributed by atoms with Crippen LogP contribution in [0.5, 0.6) is 0 Å². The molecule has 4 saturated carbocycles. The molecule has 276 valence electrons. The molecule has 8 atom stereocenters. The maximum absolute atomic E-state index is 11.4. The number of amides is 1. The van der Waals surface area contributed by atoms with Gasteiger partial charge in [-0.2, -0.15) is 0 Å². The van der Waals surface area contributed by atoms with Crippen LogP contribution in [0.25, 0.3) is 5.57 Å². The van der Waals surface area contributed by atoms with Crippen molar-refractivity contribution in [1.29, 1.82) is 0 Å². The average Bonchev–Trinajstić information content (AvgIpc) is 3.54. The van der Waals surface area contributed by atoms with Crippen LogP contribution in [-0.4, -0.2) is 24.5 Å². The summed E-state index contributed by atoms with van der Waals surface area (Å²) in [6, 6.07) is 7.64. The molecule has 0 aromatic heterocycles. The highest BCUT2D eigenvalue weighted by Gasteiger charge is 2.64. The fourth-order valence-corrected chi connectivity index (χ4v) is 11.4. The first-order valence-electron chi connectivity index (χ1n) is 18.6. The second-order valence-corrected chi connectivity index (χ2v) is 15.4. The van der Waals surface area contributed by atoms with Gasteiger partial charge < -0.3 is 10.4 Å². The van der Waals surface area contributed by atoms with Gasteiger partial charge in [0.15, 0.2) is 0 Å². The highest BCUT2D eigenvalue weighted by Crippen LogP contribution is 2.73. The van der Waals surface area contributed by atoms with E-state index in [0.29, 0.717) is 34.1 Å². The van der Waals surface area contributed by atoms with Crippen LogP contribution in [0.2, 0.25) is 0 Å². The first-order chi connectivity index (χ1) is 23.8. The summed E-state index contributed by atoms with van der Waals surface area (Å²) in [6.45, 7) is 22.2. The molecule has 4 fully saturated rings. The van der Waals surface area contributed by atoms with E-state index in [-0.39, 0.29) is 5.41 Å². The van der Waals surface area contributed by atoms with E-state index in [2.05, 4.69) is 91.1 Å². The number of carboxylic acids is 1. The zero-order chi connectivity index (χ0) is 38.9. The lowest BCUT2D eigenvalue weighted by molar-refractivity contribution is -0.176. The van der Waals surface area contributed by atoms with Crippen molar-refractivity contribution in [3.8, 4) is 38.5 Å². The zero-order valence-electron chi connectivity index (χ0n) is 32.9. The molecule has 0 heterocycles. The number of fused-ring (bicyclic) bond motifs is 7. The van der Waals surface area contributed by atoms with Crippen LogP contribution in [0.4, 0.5) is 0 Å². The van der Waals surface area contributed by atoms with Crippen molar-refractivity contribution in [1.82, 2.24) is 5.32 Å². The number of carbonyl (C=O) groups is 2. The molecule has 4 unspecified atom stereocenters. The van der Waals surface area contributed by atoms with Crippen molar-refractivity contribution < 1.29 is 14.7 Å². The van der Waals surface area contributed by atoms with E-state index in [0.717, 1.165) is 23.7 Å². The number of benzene rings is 1. The van der Waals surface area contributed by atoms with E-state index in [1.54, 1.807) is 25.3 Å². The molecular weight excluding hydrogens is 615 g/mol. The van der Waals surface area contributed by atoms with Crippen LogP contribution >= 0.6 is 0 Å². The minimum absolute atomic E-state index is 0.104. The number of nitrogens with one attached hydrogen (secondary N) is 1. The van der Waals surface area contributed by atoms with Gasteiger partial charge in [-0.25, -0.2) is 4.79 Å². The number of carboxylic acid groups (broad SMARTS) is 1. The third-order valence-corrected chi connectivity index (χ3v) is 13.1. The average molecular weight is 684 g/mol. The molecule has 1 aromatic rings. The standard InChI is InChI=1S/C33H46O2.C3H6.C2H5NO.C2H6.3C2H2/c1-30(2)24(21-8-10-22(11-9-21)29(34)35)15-19-33(5)27(30)16-20-32(4)26-14-18-31(3)17-6-7-25(31)23(26)12-13-28(32)33;1-3-2;1-3-2-4;4*1-2/h8-11,15,23,25-28H,6-7,12-14,16-20H2,1-5H3,(H,34,35);3H,1H2,2H3;2H,1H3,(H,3,4);1-2H3;3*1-2H/t23-,25?,26?,27?,28?,31-,32+,33+;;;;;;/m1....../s1. The van der Waals surface area contributed by atoms with E-state index in [1.165, 1.54) is 75.3 Å². The van der Waals surface area contributed by atoms with Gasteiger partial charge in [-0.05, 0) is 139 Å². The molecule has 0 spiro atoms. The molecular formula is C46H69NO3. The second-order valence-electron chi connectivity index (χ2n) is 15.4. The molecule has 5 aliphatic rings. The third-order valence-electron chi connectivity index (χ3n) is 13.1. The molecule has 1 aromatic carbocycles. The number of carbonyl (C=O) groups excluding carboxylic acids is 1. The van der Waals surface area contributed by atoms with Crippen LogP contribution in [0.3, 0.4) is 0 Å². The molecule has 50 heavy (non-hydrogen) atoms. The largest absolute Gasteiger partial charge is 0.478 e. The molecule has 0 bridgehead atoms. The van der Waals surface area contributed by atoms with Crippen molar-refractivity contribution >= 4 is 18.0 Å². The lowest BCUT2D eigenvalue weighted by atomic mass is 9.36. The predicted molar refractivity (Wildman–Crippen MR) is 215 cm³/mol. The van der Waals surface area contributed by atoms with Gasteiger partial charge in [0.05, 0.1) is 5.56 Å². The molecule has 4 heteroatoms. The van der Waals surface area contributed by atoms with Crippen molar-refractivity contribution in [2.75, 3.05) is 7.05 Å². The highest BCUT2D eigenvalue weighted by molar-refractivity contribution is 5.88. The van der Waals surface area contributed by atoms with Gasteiger partial charge in [0, 0.05) is 7.05 Å². The topological polar surface area (TPSA) is 66.4 Å². The van der Waals surface area contributed by atoms with Gasteiger partial charge in [-0.3, -0.25) is 4.79 Å². The Labute approximate surface area is 307 Å². The molecule has 2 N–H and O–H groups in total. The maximum Gasteiger partial charge on any atom is 0.335 e. The third kappa shape index (κ3) is 9.15. The summed E-state index contributed by atoms with van der Waals surface area (Å²) in [6.07, 6.45) is 43.2. The van der Waals surface area contributed by atoms with Crippen molar-refractivity contribution in [3.63, 3.8) is 0 Å². The van der Waals surface area contributed by atoms with Gasteiger partial charge in [0.1, 0.15) is 0 Å². The smallest absolute Gasteiger partial charge is 0.335 e. The lowest BCUT2D eigenvalue weighted by Gasteiger charge is -2.68. The number of aromatic carboxylic acids is 1. The minimum atomic E-state index is -0.844. The molecule has 0 radical (unpaired) electrons. The monoisotopic (exact) mass is 684 g/mol. The summed E-state index contributed by atoms with van der Waals surface area (Å²) in [7, 11) is 1.56. The first kappa shape index (κ1) is 46.3. The summed E-state index contributed by atoms with van der Waals surface area (Å²) in [5, 5.41) is 11.6. The van der Waals surface area contributed by atoms with Gasteiger partial charge in [0.25, 0.3) is 0 Å². The van der Waals surface area contributed by atoms with Gasteiger partial charge in [-0.15, -0.1) is 45.1 Å². The first-order valence-corrected chi connectivity index (χ1v) is 18.6. The summed E-state index contributed by atoms with van der Waals surface area (Å²) >= 11 is 0. The maximum atomic E-state index is 11.4. The van der Waals surface area contributed by atoms with Crippen LogP contribution in [0, 0.1) is 89.8 Å². The fraction of sp³-hybridized carbons (Fsp3) is 0.609. The lowest BCUT2D eigenvalue weighted by Crippen LogP contribution is -2.60. The van der Waals surface area contributed by atoms with E-state index < -0.39 is 5.97 Å². The van der Waals surface area contributed by atoms with Gasteiger partial charge in [0.2, 0.25) is 6.41 Å². The van der Waals surface area contributed by atoms with Crippen LogP contribution in [-0.2, 0) is 4.79 Å². The quantitative estimate of drug-likeness (QED) is 0.189. The van der Waals surface area contributed by atoms with Crippen molar-refractivity contribution in [2.45, 2.75) is 120 Å². The van der Waals surface area contributed by atoms with E-state index in [4.69, 9.17) is 4.79 Å². The minimum Gasteiger partial charge on any atom is -0.478 e. The van der Waals surface area contributed by atoms with Crippen LogP contribution in [0.15, 0.2) is 43.0 Å². The SMILES string of the molecule is C#C.C#C.C#C.C=CC.CC.CC1(C)C(c2ccc(C(=O)O)cc2)=CC[C@@]2(C)C1CC[C@@]1(C)C3CC[C@@]4(C)CCCC4[C@H]3CCC12.CNC=O. The van der Waals surface area contributed by atoms with Crippen molar-refractivity contribution in [2.24, 2.45) is 51.2 Å². The molecule has 0 aliphatic heterocycles. The zero-order valence-corrected chi connectivity index (χ0v) is 32.9. The summed E-state index contributed by atoms with van der Waals surface area (Å²) in [4.78, 5) is 20.4. The normalized spacial score (nSPS) is 33.1. The molecule has 4 nitrogen and oxygen atoms in total. The van der Waals surface area contributed by atoms with E-state index in [9.17, 15) is 9.90 Å². The number of terminal acetylenes is 3. The van der Waals surface area contributed by atoms with E-state index >= 15 is 0 Å². The Morgan fingerprint density at radius 3 is 1.86 bits per heavy atom. The highest BCUT2D eigenvalue weighted by atomic mass is 16.4. The molecule has 6 rings (SSSR count). The Hall–Kier alpha value is -3.68. The predicted octanol–water partition coefficient (Wildman–Crippen LogP) is 11.2. The number of allylic oxidation sites excluding steroid dienone is 3. The fourth-order valence-electron chi connectivity index (χ4n) is 11.4. The Kier molecular flexibility index (Phi) is 19.3. The van der Waals surface area contributed by atoms with Crippen LogP contribution < -0.4 is 5.32 Å². The second kappa shape index (κ2) is 20.9. The Morgan fingerprint density at radius 1 is 0.820 bits per heavy atom. The Bertz CT molecular complexity index is 1280. The van der Waals surface area contributed by atoms with Crippen LogP contribution in [0.1, 0.15) is 136 Å². The summed E-state index contributed by atoms with van der Waals surface area (Å²) in [5.41, 5.74) is 4.65. The van der Waals surface area contributed by atoms with Gasteiger partial charge in [-0.1, -0.05) is 79.2 Å². The summed E-state index contributed by atoms with van der Waals surface area (Å²) < 4.78 is 0. The van der Waals surface area contributed by atoms with Gasteiger partial charge >= 0.3 is 5.97 Å².